The third-order valence-electron chi connectivity index (χ3n) is 2.24. The van der Waals surface area contributed by atoms with Crippen molar-refractivity contribution in [2.75, 3.05) is 14.1 Å². The maximum absolute atomic E-state index is 11.1. The topological polar surface area (TPSA) is 65.7 Å². The van der Waals surface area contributed by atoms with Crippen LogP contribution in [0.5, 0.6) is 5.75 Å². The molecule has 0 radical (unpaired) electrons. The number of aliphatic imine (C=N–C) groups is 1. The van der Waals surface area contributed by atoms with E-state index in [1.807, 2.05) is 14.1 Å². The highest BCUT2D eigenvalue weighted by atomic mass is 79.9. The molecule has 0 unspecified atom stereocenters. The molecule has 19 heavy (non-hydrogen) atoms. The van der Waals surface area contributed by atoms with E-state index in [4.69, 9.17) is 4.74 Å². The Morgan fingerprint density at radius 2 is 2.21 bits per heavy atom. The van der Waals surface area contributed by atoms with Crippen molar-refractivity contribution < 1.29 is 9.53 Å². The molecule has 1 aromatic rings. The molecule has 100 valence electrons. The van der Waals surface area contributed by atoms with E-state index >= 15 is 0 Å². The van der Waals surface area contributed by atoms with Gasteiger partial charge < -0.3 is 9.64 Å². The van der Waals surface area contributed by atoms with E-state index in [0.29, 0.717) is 27.0 Å². The zero-order valence-corrected chi connectivity index (χ0v) is 12.8. The molecule has 0 aliphatic heterocycles. The monoisotopic (exact) mass is 323 g/mol. The molecule has 0 aliphatic carbocycles. The maximum atomic E-state index is 11.1. The Morgan fingerprint density at radius 1 is 1.58 bits per heavy atom. The molecule has 0 N–H and O–H groups in total. The molecule has 0 saturated heterocycles. The van der Waals surface area contributed by atoms with Gasteiger partial charge in [-0.15, -0.1) is 0 Å². The van der Waals surface area contributed by atoms with Gasteiger partial charge in [0.25, 0.3) is 0 Å². The molecule has 6 heteroatoms. The van der Waals surface area contributed by atoms with Crippen LogP contribution in [-0.2, 0) is 4.79 Å². The van der Waals surface area contributed by atoms with Gasteiger partial charge in [-0.3, -0.25) is 4.79 Å². The Labute approximate surface area is 120 Å². The summed E-state index contributed by atoms with van der Waals surface area (Å²) in [6.07, 6.45) is 1.60. The normalized spacial score (nSPS) is 10.3. The summed E-state index contributed by atoms with van der Waals surface area (Å²) in [5.74, 6) is -0.0786. The summed E-state index contributed by atoms with van der Waals surface area (Å²) < 4.78 is 5.69. The zero-order chi connectivity index (χ0) is 14.6. The number of rotatable bonds is 3. The predicted octanol–water partition coefficient (Wildman–Crippen LogP) is 2.78. The fourth-order valence-electron chi connectivity index (χ4n) is 1.43. The summed E-state index contributed by atoms with van der Waals surface area (Å²) in [6, 6.07) is 3.74. The second kappa shape index (κ2) is 6.34. The smallest absolute Gasteiger partial charge is 0.308 e. The van der Waals surface area contributed by atoms with Gasteiger partial charge in [0.2, 0.25) is 0 Å². The number of carbonyl (C=O) groups excluding carboxylic acids is 1. The highest BCUT2D eigenvalue weighted by molar-refractivity contribution is 9.10. The second-order valence-electron chi connectivity index (χ2n) is 4.12. The highest BCUT2D eigenvalue weighted by Gasteiger charge is 2.16. The average molecular weight is 324 g/mol. The van der Waals surface area contributed by atoms with Crippen LogP contribution >= 0.6 is 15.9 Å². The van der Waals surface area contributed by atoms with Crippen molar-refractivity contribution in [2.45, 2.75) is 13.8 Å². The number of carbonyl (C=O) groups is 1. The first-order valence-electron chi connectivity index (χ1n) is 5.49. The van der Waals surface area contributed by atoms with Gasteiger partial charge in [0.1, 0.15) is 11.8 Å². The van der Waals surface area contributed by atoms with Crippen molar-refractivity contribution in [1.29, 1.82) is 5.26 Å². The molecule has 0 aliphatic rings. The predicted molar refractivity (Wildman–Crippen MR) is 76.7 cm³/mol. The molecule has 0 spiro atoms. The molecule has 0 bridgehead atoms. The van der Waals surface area contributed by atoms with Gasteiger partial charge in [-0.05, 0) is 28.9 Å². The number of ether oxygens (including phenoxy) is 1. The molecule has 0 amide bonds. The minimum atomic E-state index is -0.433. The van der Waals surface area contributed by atoms with E-state index in [0.717, 1.165) is 0 Å². The summed E-state index contributed by atoms with van der Waals surface area (Å²) in [5.41, 5.74) is 1.49. The van der Waals surface area contributed by atoms with E-state index in [-0.39, 0.29) is 0 Å². The Bertz CT molecular complexity index is 574. The van der Waals surface area contributed by atoms with Gasteiger partial charge in [-0.1, -0.05) is 0 Å². The fourth-order valence-corrected chi connectivity index (χ4v) is 2.03. The van der Waals surface area contributed by atoms with Gasteiger partial charge in [0.05, 0.1) is 22.1 Å². The SMILES string of the molecule is CC(=O)Oc1c(Br)cc(N=CN(C)C)c(C#N)c1C. The largest absolute Gasteiger partial charge is 0.425 e. The maximum Gasteiger partial charge on any atom is 0.308 e. The number of nitriles is 1. The number of nitrogens with zero attached hydrogens (tertiary/aromatic N) is 3. The van der Waals surface area contributed by atoms with Crippen LogP contribution in [-0.4, -0.2) is 31.3 Å². The zero-order valence-electron chi connectivity index (χ0n) is 11.2. The minimum absolute atomic E-state index is 0.354. The molecule has 0 aromatic heterocycles. The fraction of sp³-hybridized carbons (Fsp3) is 0.308. The van der Waals surface area contributed by atoms with E-state index in [9.17, 15) is 10.1 Å². The second-order valence-corrected chi connectivity index (χ2v) is 4.97. The standard InChI is InChI=1S/C13H14BrN3O2/c1-8-10(6-15)12(16-7-17(3)4)5-11(14)13(8)19-9(2)18/h5,7H,1-4H3. The minimum Gasteiger partial charge on any atom is -0.425 e. The molecule has 0 atom stereocenters. The summed E-state index contributed by atoms with van der Waals surface area (Å²) in [6.45, 7) is 3.03. The molecule has 0 fully saturated rings. The lowest BCUT2D eigenvalue weighted by Crippen LogP contribution is -2.07. The molecule has 0 saturated carbocycles. The third kappa shape index (κ3) is 3.80. The van der Waals surface area contributed by atoms with E-state index in [1.54, 1.807) is 24.2 Å². The molecule has 1 rings (SSSR count). The van der Waals surface area contributed by atoms with E-state index in [1.165, 1.54) is 6.92 Å². The Morgan fingerprint density at radius 3 is 2.68 bits per heavy atom. The quantitative estimate of drug-likeness (QED) is 0.371. The highest BCUT2D eigenvalue weighted by Crippen LogP contribution is 2.37. The van der Waals surface area contributed by atoms with Gasteiger partial charge >= 0.3 is 5.97 Å². The van der Waals surface area contributed by atoms with Crippen molar-refractivity contribution >= 4 is 33.9 Å². The van der Waals surface area contributed by atoms with Gasteiger partial charge in [0.15, 0.2) is 0 Å². The van der Waals surface area contributed by atoms with Crippen LogP contribution in [0.25, 0.3) is 0 Å². The van der Waals surface area contributed by atoms with E-state index in [2.05, 4.69) is 27.0 Å². The Balaban J connectivity index is 3.38. The Kier molecular flexibility index (Phi) is 5.07. The first kappa shape index (κ1) is 15.2. The van der Waals surface area contributed by atoms with Crippen LogP contribution in [0.3, 0.4) is 0 Å². The summed E-state index contributed by atoms with van der Waals surface area (Å²) >= 11 is 3.32. The number of benzene rings is 1. The van der Waals surface area contributed by atoms with Crippen LogP contribution in [0.15, 0.2) is 15.5 Å². The van der Waals surface area contributed by atoms with Gasteiger partial charge in [-0.25, -0.2) is 4.99 Å². The van der Waals surface area contributed by atoms with Crippen LogP contribution in [0.4, 0.5) is 5.69 Å². The van der Waals surface area contributed by atoms with Gasteiger partial charge in [0, 0.05) is 26.6 Å². The van der Waals surface area contributed by atoms with Crippen molar-refractivity contribution in [3.8, 4) is 11.8 Å². The van der Waals surface area contributed by atoms with Crippen LogP contribution < -0.4 is 4.74 Å². The summed E-state index contributed by atoms with van der Waals surface area (Å²) in [4.78, 5) is 17.0. The number of esters is 1. The van der Waals surface area contributed by atoms with E-state index < -0.39 is 5.97 Å². The lowest BCUT2D eigenvalue weighted by atomic mass is 10.1. The first-order valence-corrected chi connectivity index (χ1v) is 6.28. The number of hydrogen-bond acceptors (Lipinski definition) is 4. The summed E-state index contributed by atoms with van der Waals surface area (Å²) in [5, 5.41) is 9.22. The summed E-state index contributed by atoms with van der Waals surface area (Å²) in [7, 11) is 3.68. The van der Waals surface area contributed by atoms with Crippen LogP contribution in [0.2, 0.25) is 0 Å². The number of hydrogen-bond donors (Lipinski definition) is 0. The number of halogens is 1. The third-order valence-corrected chi connectivity index (χ3v) is 2.83. The van der Waals surface area contributed by atoms with Crippen molar-refractivity contribution in [3.05, 3.63) is 21.7 Å². The molecule has 1 aromatic carbocycles. The molecule has 0 heterocycles. The molecule has 5 nitrogen and oxygen atoms in total. The molecular formula is C13H14BrN3O2. The van der Waals surface area contributed by atoms with Crippen molar-refractivity contribution in [3.63, 3.8) is 0 Å². The average Bonchev–Trinajstić information content (AvgIpc) is 2.31. The first-order chi connectivity index (χ1) is 8.86. The van der Waals surface area contributed by atoms with Gasteiger partial charge in [-0.2, -0.15) is 5.26 Å². The van der Waals surface area contributed by atoms with Crippen LogP contribution in [0.1, 0.15) is 18.1 Å². The van der Waals surface area contributed by atoms with Crippen molar-refractivity contribution in [2.24, 2.45) is 4.99 Å². The van der Waals surface area contributed by atoms with Crippen LogP contribution in [0, 0.1) is 18.3 Å². The Hall–Kier alpha value is -1.87. The lowest BCUT2D eigenvalue weighted by molar-refractivity contribution is -0.131. The van der Waals surface area contributed by atoms with Crippen molar-refractivity contribution in [1.82, 2.24) is 4.90 Å². The molecular weight excluding hydrogens is 310 g/mol. The lowest BCUT2D eigenvalue weighted by Gasteiger charge is -2.12.